The van der Waals surface area contributed by atoms with E-state index in [4.69, 9.17) is 9.47 Å². The third-order valence-electron chi connectivity index (χ3n) is 3.08. The molecule has 20 heavy (non-hydrogen) atoms. The molecule has 2 rings (SSSR count). The fourth-order valence-corrected chi connectivity index (χ4v) is 1.88. The lowest BCUT2D eigenvalue weighted by Crippen LogP contribution is -2.32. The zero-order valence-electron chi connectivity index (χ0n) is 11.5. The smallest absolute Gasteiger partial charge is 0.325 e. The van der Waals surface area contributed by atoms with Gasteiger partial charge in [-0.3, -0.25) is 9.59 Å². The predicted molar refractivity (Wildman–Crippen MR) is 70.5 cm³/mol. The summed E-state index contributed by atoms with van der Waals surface area (Å²) in [7, 11) is 2.88. The third-order valence-corrected chi connectivity index (χ3v) is 3.08. The summed E-state index contributed by atoms with van der Waals surface area (Å²) in [5.74, 6) is 0.901. The van der Waals surface area contributed by atoms with Crippen LogP contribution < -0.4 is 9.47 Å². The number of methoxy groups -OCH3 is 1. The van der Waals surface area contributed by atoms with Gasteiger partial charge in [0.15, 0.2) is 11.5 Å². The Kier molecular flexibility index (Phi) is 4.45. The normalized spacial score (nSPS) is 12.1. The van der Waals surface area contributed by atoms with E-state index in [1.54, 1.807) is 7.05 Å². The van der Waals surface area contributed by atoms with E-state index in [2.05, 4.69) is 4.74 Å². The number of aryl methyl sites for hydroxylation is 1. The van der Waals surface area contributed by atoms with Gasteiger partial charge in [-0.2, -0.15) is 0 Å². The number of esters is 1. The maximum Gasteiger partial charge on any atom is 0.325 e. The monoisotopic (exact) mass is 279 g/mol. The molecule has 1 aromatic carbocycles. The summed E-state index contributed by atoms with van der Waals surface area (Å²) < 4.78 is 15.0. The lowest BCUT2D eigenvalue weighted by molar-refractivity contribution is -0.146. The maximum absolute atomic E-state index is 11.9. The second-order valence-corrected chi connectivity index (χ2v) is 4.51. The van der Waals surface area contributed by atoms with Crippen molar-refractivity contribution in [3.05, 3.63) is 23.8 Å². The summed E-state index contributed by atoms with van der Waals surface area (Å²) in [6.45, 7) is 0.204. The largest absolute Gasteiger partial charge is 0.468 e. The van der Waals surface area contributed by atoms with Crippen molar-refractivity contribution in [2.45, 2.75) is 12.8 Å². The van der Waals surface area contributed by atoms with Crippen molar-refractivity contribution in [1.82, 2.24) is 4.90 Å². The van der Waals surface area contributed by atoms with Crippen LogP contribution in [0.4, 0.5) is 0 Å². The van der Waals surface area contributed by atoms with Crippen LogP contribution in [-0.2, 0) is 20.7 Å². The summed E-state index contributed by atoms with van der Waals surface area (Å²) in [4.78, 5) is 24.3. The Labute approximate surface area is 117 Å². The van der Waals surface area contributed by atoms with Gasteiger partial charge in [-0.15, -0.1) is 0 Å². The van der Waals surface area contributed by atoms with Gasteiger partial charge in [-0.25, -0.2) is 0 Å². The molecule has 1 aromatic rings. The minimum absolute atomic E-state index is 0.0313. The highest BCUT2D eigenvalue weighted by atomic mass is 16.7. The Morgan fingerprint density at radius 3 is 2.80 bits per heavy atom. The van der Waals surface area contributed by atoms with Crippen molar-refractivity contribution >= 4 is 11.9 Å². The Morgan fingerprint density at radius 1 is 1.30 bits per heavy atom. The quantitative estimate of drug-likeness (QED) is 0.752. The molecule has 1 amide bonds. The van der Waals surface area contributed by atoms with Gasteiger partial charge >= 0.3 is 5.97 Å². The van der Waals surface area contributed by atoms with Crippen LogP contribution in [0.5, 0.6) is 11.5 Å². The van der Waals surface area contributed by atoms with Gasteiger partial charge in [0.1, 0.15) is 6.54 Å². The van der Waals surface area contributed by atoms with Gasteiger partial charge in [0.25, 0.3) is 0 Å². The topological polar surface area (TPSA) is 65.1 Å². The molecule has 0 fully saturated rings. The third kappa shape index (κ3) is 3.40. The van der Waals surface area contributed by atoms with E-state index >= 15 is 0 Å². The zero-order valence-corrected chi connectivity index (χ0v) is 11.5. The van der Waals surface area contributed by atoms with E-state index in [9.17, 15) is 9.59 Å². The van der Waals surface area contributed by atoms with Crippen molar-refractivity contribution in [2.24, 2.45) is 0 Å². The van der Waals surface area contributed by atoms with E-state index in [0.29, 0.717) is 18.6 Å². The molecule has 0 N–H and O–H groups in total. The van der Waals surface area contributed by atoms with Gasteiger partial charge < -0.3 is 19.1 Å². The fraction of sp³-hybridized carbons (Fsp3) is 0.429. The molecule has 1 aliphatic heterocycles. The molecule has 6 nitrogen and oxygen atoms in total. The standard InChI is InChI=1S/C14H17NO5/c1-15(8-14(17)18-2)13(16)6-4-10-3-5-11-12(7-10)20-9-19-11/h3,5,7H,4,6,8-9H2,1-2H3. The van der Waals surface area contributed by atoms with E-state index in [1.807, 2.05) is 18.2 Å². The lowest BCUT2D eigenvalue weighted by atomic mass is 10.1. The van der Waals surface area contributed by atoms with Crippen LogP contribution in [0.2, 0.25) is 0 Å². The molecule has 0 aromatic heterocycles. The molecule has 1 heterocycles. The highest BCUT2D eigenvalue weighted by Crippen LogP contribution is 2.32. The Bertz CT molecular complexity index is 514. The van der Waals surface area contributed by atoms with E-state index in [0.717, 1.165) is 11.3 Å². The van der Waals surface area contributed by atoms with Crippen LogP contribution in [0.3, 0.4) is 0 Å². The first-order chi connectivity index (χ1) is 9.60. The molecule has 6 heteroatoms. The lowest BCUT2D eigenvalue weighted by Gasteiger charge is -2.15. The number of carbonyl (C=O) groups excluding carboxylic acids is 2. The molecule has 0 radical (unpaired) electrons. The molecule has 0 saturated heterocycles. The summed E-state index contributed by atoms with van der Waals surface area (Å²) in [5, 5.41) is 0. The van der Waals surface area contributed by atoms with Crippen LogP contribution >= 0.6 is 0 Å². The molecule has 0 spiro atoms. The number of hydrogen-bond donors (Lipinski definition) is 0. The minimum atomic E-state index is -0.427. The highest BCUT2D eigenvalue weighted by Gasteiger charge is 2.15. The molecular formula is C14H17NO5. The number of fused-ring (bicyclic) bond motifs is 1. The van der Waals surface area contributed by atoms with Gasteiger partial charge in [0.05, 0.1) is 7.11 Å². The molecule has 0 aliphatic carbocycles. The van der Waals surface area contributed by atoms with Gasteiger partial charge in [0, 0.05) is 13.5 Å². The number of benzene rings is 1. The number of hydrogen-bond acceptors (Lipinski definition) is 5. The summed E-state index contributed by atoms with van der Waals surface area (Å²) >= 11 is 0. The van der Waals surface area contributed by atoms with Gasteiger partial charge in [0.2, 0.25) is 12.7 Å². The highest BCUT2D eigenvalue weighted by molar-refractivity contribution is 5.81. The number of rotatable bonds is 5. The summed E-state index contributed by atoms with van der Waals surface area (Å²) in [5.41, 5.74) is 0.995. The molecule has 1 aliphatic rings. The van der Waals surface area contributed by atoms with Gasteiger partial charge in [-0.05, 0) is 24.1 Å². The van der Waals surface area contributed by atoms with E-state index < -0.39 is 5.97 Å². The van der Waals surface area contributed by atoms with Gasteiger partial charge in [-0.1, -0.05) is 6.07 Å². The fourth-order valence-electron chi connectivity index (χ4n) is 1.88. The predicted octanol–water partition coefficient (Wildman–Crippen LogP) is 0.979. The zero-order chi connectivity index (χ0) is 14.5. The van der Waals surface area contributed by atoms with Crippen molar-refractivity contribution in [3.8, 4) is 11.5 Å². The summed E-state index contributed by atoms with van der Waals surface area (Å²) in [6.07, 6.45) is 0.911. The molecular weight excluding hydrogens is 262 g/mol. The Hall–Kier alpha value is -2.24. The van der Waals surface area contributed by atoms with Crippen LogP contribution in [0.1, 0.15) is 12.0 Å². The number of nitrogens with zero attached hydrogens (tertiary/aromatic N) is 1. The van der Waals surface area contributed by atoms with E-state index in [1.165, 1.54) is 12.0 Å². The second-order valence-electron chi connectivity index (χ2n) is 4.51. The molecule has 0 saturated carbocycles. The van der Waals surface area contributed by atoms with E-state index in [-0.39, 0.29) is 19.2 Å². The number of amides is 1. The average Bonchev–Trinajstić information content (AvgIpc) is 2.91. The molecule has 0 unspecified atom stereocenters. The maximum atomic E-state index is 11.9. The van der Waals surface area contributed by atoms with Crippen molar-refractivity contribution < 1.29 is 23.8 Å². The second kappa shape index (κ2) is 6.27. The first kappa shape index (κ1) is 14.2. The first-order valence-electron chi connectivity index (χ1n) is 6.29. The number of likely N-dealkylation sites (N-methyl/N-ethyl adjacent to an activating group) is 1. The molecule has 0 bridgehead atoms. The summed E-state index contributed by atoms with van der Waals surface area (Å²) in [6, 6.07) is 5.61. The van der Waals surface area contributed by atoms with Crippen LogP contribution in [0.15, 0.2) is 18.2 Å². The Morgan fingerprint density at radius 2 is 2.05 bits per heavy atom. The number of ether oxygens (including phenoxy) is 3. The van der Waals surface area contributed by atoms with Crippen molar-refractivity contribution in [2.75, 3.05) is 27.5 Å². The van der Waals surface area contributed by atoms with Crippen LogP contribution in [-0.4, -0.2) is 44.3 Å². The van der Waals surface area contributed by atoms with Crippen molar-refractivity contribution in [1.29, 1.82) is 0 Å². The van der Waals surface area contributed by atoms with Crippen molar-refractivity contribution in [3.63, 3.8) is 0 Å². The average molecular weight is 279 g/mol. The first-order valence-corrected chi connectivity index (χ1v) is 6.29. The Balaban J connectivity index is 1.85. The molecule has 0 atom stereocenters. The number of carbonyl (C=O) groups is 2. The van der Waals surface area contributed by atoms with Crippen LogP contribution in [0, 0.1) is 0 Å². The van der Waals surface area contributed by atoms with Crippen LogP contribution in [0.25, 0.3) is 0 Å². The SMILES string of the molecule is COC(=O)CN(C)C(=O)CCc1ccc2c(c1)OCO2. The minimum Gasteiger partial charge on any atom is -0.468 e. The molecule has 108 valence electrons.